The van der Waals surface area contributed by atoms with Gasteiger partial charge in [-0.05, 0) is 17.9 Å². The molecule has 3 aromatic rings. The quantitative estimate of drug-likeness (QED) is 0.552. The standard InChI is InChI=1S/C11H13N7S2/c1-18-10(8-4-2-6-19-8)14-15-11(18)20-7-3-5-9-12-16-17-13-9/h2,4,6H,3,5,7H2,1H3,(H,12,13,16,17). The van der Waals surface area contributed by atoms with Crippen molar-refractivity contribution in [3.05, 3.63) is 23.3 Å². The summed E-state index contributed by atoms with van der Waals surface area (Å²) < 4.78 is 2.03. The number of tetrazole rings is 1. The predicted octanol–water partition coefficient (Wildman–Crippen LogP) is 1.78. The van der Waals surface area contributed by atoms with Gasteiger partial charge in [0.15, 0.2) is 16.8 Å². The van der Waals surface area contributed by atoms with Crippen LogP contribution in [0.5, 0.6) is 0 Å². The minimum absolute atomic E-state index is 0.753. The van der Waals surface area contributed by atoms with E-state index >= 15 is 0 Å². The van der Waals surface area contributed by atoms with Gasteiger partial charge in [0, 0.05) is 19.2 Å². The summed E-state index contributed by atoms with van der Waals surface area (Å²) in [6, 6.07) is 4.08. The lowest BCUT2D eigenvalue weighted by molar-refractivity contribution is 0.789. The monoisotopic (exact) mass is 307 g/mol. The summed E-state index contributed by atoms with van der Waals surface area (Å²) in [5.74, 6) is 2.62. The molecule has 0 saturated carbocycles. The van der Waals surface area contributed by atoms with Gasteiger partial charge in [-0.2, -0.15) is 5.21 Å². The van der Waals surface area contributed by atoms with Gasteiger partial charge in [-0.15, -0.1) is 31.7 Å². The van der Waals surface area contributed by atoms with Gasteiger partial charge >= 0.3 is 0 Å². The van der Waals surface area contributed by atoms with Crippen LogP contribution in [0.25, 0.3) is 10.7 Å². The average Bonchev–Trinajstić information content (AvgIpc) is 3.17. The minimum Gasteiger partial charge on any atom is -0.305 e. The van der Waals surface area contributed by atoms with E-state index in [1.54, 1.807) is 23.1 Å². The van der Waals surface area contributed by atoms with Crippen molar-refractivity contribution in [3.63, 3.8) is 0 Å². The van der Waals surface area contributed by atoms with Crippen LogP contribution < -0.4 is 0 Å². The molecule has 0 aliphatic carbocycles. The highest BCUT2D eigenvalue weighted by molar-refractivity contribution is 7.99. The second-order valence-corrected chi connectivity index (χ2v) is 6.13. The number of thioether (sulfide) groups is 1. The molecule has 1 N–H and O–H groups in total. The van der Waals surface area contributed by atoms with E-state index in [4.69, 9.17) is 0 Å². The molecule has 0 spiro atoms. The molecule has 3 aromatic heterocycles. The molecule has 20 heavy (non-hydrogen) atoms. The van der Waals surface area contributed by atoms with Crippen LogP contribution in [0.2, 0.25) is 0 Å². The van der Waals surface area contributed by atoms with Crippen LogP contribution in [0.4, 0.5) is 0 Å². The number of hydrogen-bond donors (Lipinski definition) is 1. The number of thiophene rings is 1. The third kappa shape index (κ3) is 2.88. The zero-order chi connectivity index (χ0) is 13.8. The zero-order valence-electron chi connectivity index (χ0n) is 10.9. The van der Waals surface area contributed by atoms with Gasteiger partial charge in [-0.25, -0.2) is 0 Å². The molecular weight excluding hydrogens is 294 g/mol. The molecular formula is C11H13N7S2. The van der Waals surface area contributed by atoms with E-state index in [0.717, 1.165) is 40.3 Å². The molecule has 3 heterocycles. The van der Waals surface area contributed by atoms with Crippen molar-refractivity contribution < 1.29 is 0 Å². The third-order valence-corrected chi connectivity index (χ3v) is 4.71. The number of aromatic amines is 1. The fraction of sp³-hybridized carbons (Fsp3) is 0.364. The number of rotatable bonds is 6. The van der Waals surface area contributed by atoms with E-state index in [9.17, 15) is 0 Å². The van der Waals surface area contributed by atoms with Gasteiger partial charge in [0.05, 0.1) is 4.88 Å². The number of H-pyrrole nitrogens is 1. The van der Waals surface area contributed by atoms with Crippen molar-refractivity contribution in [1.82, 2.24) is 35.4 Å². The largest absolute Gasteiger partial charge is 0.305 e. The molecule has 3 rings (SSSR count). The van der Waals surface area contributed by atoms with Crippen LogP contribution in [0.3, 0.4) is 0 Å². The maximum absolute atomic E-state index is 4.25. The Morgan fingerprint density at radius 2 is 2.30 bits per heavy atom. The first kappa shape index (κ1) is 13.3. The van der Waals surface area contributed by atoms with Gasteiger partial charge in [0.1, 0.15) is 0 Å². The van der Waals surface area contributed by atoms with E-state index in [0.29, 0.717) is 0 Å². The lowest BCUT2D eigenvalue weighted by Crippen LogP contribution is -1.95. The second kappa shape index (κ2) is 6.14. The van der Waals surface area contributed by atoms with Crippen LogP contribution >= 0.6 is 23.1 Å². The molecule has 9 heteroatoms. The Balaban J connectivity index is 1.56. The molecule has 0 aliphatic rings. The number of aryl methyl sites for hydroxylation is 1. The Labute approximate surface area is 123 Å². The molecule has 0 atom stereocenters. The number of aromatic nitrogens is 7. The summed E-state index contributed by atoms with van der Waals surface area (Å²) in [5, 5.41) is 25.3. The highest BCUT2D eigenvalue weighted by atomic mass is 32.2. The smallest absolute Gasteiger partial charge is 0.191 e. The average molecular weight is 307 g/mol. The predicted molar refractivity (Wildman–Crippen MR) is 77.5 cm³/mol. The Morgan fingerprint density at radius 3 is 3.05 bits per heavy atom. The van der Waals surface area contributed by atoms with E-state index in [1.165, 1.54) is 0 Å². The van der Waals surface area contributed by atoms with Gasteiger partial charge in [-0.1, -0.05) is 23.0 Å². The summed E-state index contributed by atoms with van der Waals surface area (Å²) in [6.45, 7) is 0. The number of nitrogens with one attached hydrogen (secondary N) is 1. The molecule has 0 unspecified atom stereocenters. The van der Waals surface area contributed by atoms with E-state index in [-0.39, 0.29) is 0 Å². The second-order valence-electron chi connectivity index (χ2n) is 4.12. The summed E-state index contributed by atoms with van der Waals surface area (Å²) in [6.07, 6.45) is 1.80. The molecule has 0 aliphatic heterocycles. The molecule has 0 saturated heterocycles. The van der Waals surface area contributed by atoms with Crippen LogP contribution in [0.15, 0.2) is 22.7 Å². The fourth-order valence-corrected chi connectivity index (χ4v) is 3.34. The Bertz CT molecular complexity index is 644. The summed E-state index contributed by atoms with van der Waals surface area (Å²) in [5.41, 5.74) is 0. The Morgan fingerprint density at radius 1 is 1.35 bits per heavy atom. The molecule has 0 bridgehead atoms. The SMILES string of the molecule is Cn1c(SCCCc2nn[nH]n2)nnc1-c1cccs1. The van der Waals surface area contributed by atoms with Gasteiger partial charge < -0.3 is 4.57 Å². The highest BCUT2D eigenvalue weighted by Crippen LogP contribution is 2.26. The Hall–Kier alpha value is -1.74. The van der Waals surface area contributed by atoms with Crippen molar-refractivity contribution in [2.24, 2.45) is 7.05 Å². The van der Waals surface area contributed by atoms with Gasteiger partial charge in [0.2, 0.25) is 0 Å². The first-order chi connectivity index (χ1) is 9.84. The lowest BCUT2D eigenvalue weighted by Gasteiger charge is -2.01. The molecule has 0 radical (unpaired) electrons. The lowest BCUT2D eigenvalue weighted by atomic mass is 10.3. The maximum Gasteiger partial charge on any atom is 0.191 e. The van der Waals surface area contributed by atoms with E-state index in [2.05, 4.69) is 36.9 Å². The Kier molecular flexibility index (Phi) is 4.07. The summed E-state index contributed by atoms with van der Waals surface area (Å²) in [7, 11) is 2.00. The molecule has 0 amide bonds. The summed E-state index contributed by atoms with van der Waals surface area (Å²) >= 11 is 3.37. The topological polar surface area (TPSA) is 85.2 Å². The maximum atomic E-state index is 4.25. The molecule has 0 fully saturated rings. The van der Waals surface area contributed by atoms with Gasteiger partial charge in [-0.3, -0.25) is 0 Å². The van der Waals surface area contributed by atoms with Crippen molar-refractivity contribution >= 4 is 23.1 Å². The van der Waals surface area contributed by atoms with Crippen molar-refractivity contribution in [3.8, 4) is 10.7 Å². The third-order valence-electron chi connectivity index (χ3n) is 2.74. The molecule has 7 nitrogen and oxygen atoms in total. The molecule has 0 aromatic carbocycles. The van der Waals surface area contributed by atoms with E-state index < -0.39 is 0 Å². The fourth-order valence-electron chi connectivity index (χ4n) is 1.74. The minimum atomic E-state index is 0.753. The first-order valence-electron chi connectivity index (χ1n) is 6.13. The normalized spacial score (nSPS) is 11.1. The van der Waals surface area contributed by atoms with Crippen molar-refractivity contribution in [1.29, 1.82) is 0 Å². The number of hydrogen-bond acceptors (Lipinski definition) is 7. The van der Waals surface area contributed by atoms with Crippen LogP contribution in [0, 0.1) is 0 Å². The van der Waals surface area contributed by atoms with Crippen molar-refractivity contribution in [2.45, 2.75) is 18.0 Å². The van der Waals surface area contributed by atoms with Crippen molar-refractivity contribution in [2.75, 3.05) is 5.75 Å². The summed E-state index contributed by atoms with van der Waals surface area (Å²) in [4.78, 5) is 1.14. The van der Waals surface area contributed by atoms with Crippen LogP contribution in [-0.4, -0.2) is 41.1 Å². The first-order valence-corrected chi connectivity index (χ1v) is 7.99. The zero-order valence-corrected chi connectivity index (χ0v) is 12.5. The number of nitrogens with zero attached hydrogens (tertiary/aromatic N) is 6. The van der Waals surface area contributed by atoms with Gasteiger partial charge in [0.25, 0.3) is 0 Å². The van der Waals surface area contributed by atoms with Crippen LogP contribution in [0.1, 0.15) is 12.2 Å². The highest BCUT2D eigenvalue weighted by Gasteiger charge is 2.11. The van der Waals surface area contributed by atoms with Crippen LogP contribution in [-0.2, 0) is 13.5 Å². The van der Waals surface area contributed by atoms with E-state index in [1.807, 2.05) is 23.1 Å². The molecule has 104 valence electrons.